The third-order valence-electron chi connectivity index (χ3n) is 4.45. The Morgan fingerprint density at radius 1 is 1.44 bits per heavy atom. The normalized spacial score (nSPS) is 26.7. The molecule has 1 aromatic carbocycles. The van der Waals surface area contributed by atoms with Gasteiger partial charge in [0.1, 0.15) is 11.9 Å². The minimum absolute atomic E-state index is 0.108. The predicted molar refractivity (Wildman–Crippen MR) is 93.0 cm³/mol. The van der Waals surface area contributed by atoms with E-state index in [0.717, 1.165) is 17.6 Å². The molecular formula is C17H18F2N2O5S. The number of alkyl halides is 1. The zero-order valence-corrected chi connectivity index (χ0v) is 15.3. The minimum Gasteiger partial charge on any atom is -0.442 e. The number of hydrogen-bond donors (Lipinski definition) is 1. The fourth-order valence-electron chi connectivity index (χ4n) is 2.98. The molecule has 1 aromatic rings. The smallest absolute Gasteiger partial charge is 0.414 e. The summed E-state index contributed by atoms with van der Waals surface area (Å²) in [6, 6.07) is 3.58. The molecule has 7 nitrogen and oxygen atoms in total. The maximum atomic E-state index is 15.0. The van der Waals surface area contributed by atoms with E-state index < -0.39 is 39.3 Å². The fraction of sp³-hybridized carbons (Fsp3) is 0.412. The number of carbonyl (C=O) groups excluding carboxylic acids is 2. The van der Waals surface area contributed by atoms with Crippen LogP contribution in [0.15, 0.2) is 29.7 Å². The van der Waals surface area contributed by atoms with E-state index in [1.165, 1.54) is 24.0 Å². The highest BCUT2D eigenvalue weighted by molar-refractivity contribution is 7.94. The van der Waals surface area contributed by atoms with Crippen molar-refractivity contribution < 1.29 is 31.5 Å². The summed E-state index contributed by atoms with van der Waals surface area (Å²) in [5.74, 6) is -1.57. The molecule has 2 atom stereocenters. The van der Waals surface area contributed by atoms with Gasteiger partial charge in [0, 0.05) is 24.3 Å². The van der Waals surface area contributed by atoms with Crippen molar-refractivity contribution in [1.29, 1.82) is 0 Å². The first-order chi connectivity index (χ1) is 12.6. The van der Waals surface area contributed by atoms with Crippen LogP contribution in [0.1, 0.15) is 18.9 Å². The number of benzene rings is 1. The molecule has 1 saturated heterocycles. The lowest BCUT2D eigenvalue weighted by molar-refractivity contribution is -0.119. The molecule has 2 aliphatic heterocycles. The second kappa shape index (κ2) is 6.91. The topological polar surface area (TPSA) is 92.8 Å². The molecule has 0 bridgehead atoms. The molecule has 2 aliphatic rings. The Morgan fingerprint density at radius 2 is 2.19 bits per heavy atom. The molecule has 1 unspecified atom stereocenters. The zero-order valence-electron chi connectivity index (χ0n) is 14.4. The molecule has 2 amide bonds. The maximum Gasteiger partial charge on any atom is 0.414 e. The summed E-state index contributed by atoms with van der Waals surface area (Å²) >= 11 is 0. The summed E-state index contributed by atoms with van der Waals surface area (Å²) < 4.78 is 57.5. The summed E-state index contributed by atoms with van der Waals surface area (Å²) in [4.78, 5) is 24.1. The van der Waals surface area contributed by atoms with Crippen molar-refractivity contribution in [3.8, 4) is 0 Å². The van der Waals surface area contributed by atoms with Crippen LogP contribution in [0.5, 0.6) is 0 Å². The van der Waals surface area contributed by atoms with Gasteiger partial charge in [0.05, 0.1) is 24.5 Å². The minimum atomic E-state index is -3.46. The maximum absolute atomic E-state index is 15.0. The van der Waals surface area contributed by atoms with Gasteiger partial charge in [0.25, 0.3) is 0 Å². The van der Waals surface area contributed by atoms with Crippen LogP contribution in [-0.4, -0.2) is 45.4 Å². The van der Waals surface area contributed by atoms with Gasteiger partial charge in [-0.3, -0.25) is 9.69 Å². The molecular weight excluding hydrogens is 382 g/mol. The SMILES string of the molecule is CC(=O)NC[C@H]1CN(c2ccc(C3(F)C=CS(=O)(=O)CC3)c(F)c2)C(=O)O1. The van der Waals surface area contributed by atoms with Gasteiger partial charge < -0.3 is 10.1 Å². The van der Waals surface area contributed by atoms with Gasteiger partial charge in [-0.25, -0.2) is 22.0 Å². The number of hydrogen-bond acceptors (Lipinski definition) is 5. The van der Waals surface area contributed by atoms with Gasteiger partial charge in [-0.1, -0.05) is 6.07 Å². The third kappa shape index (κ3) is 4.10. The number of nitrogens with one attached hydrogen (secondary N) is 1. The molecule has 2 heterocycles. The Morgan fingerprint density at radius 3 is 2.78 bits per heavy atom. The lowest BCUT2D eigenvalue weighted by atomic mass is 9.92. The van der Waals surface area contributed by atoms with E-state index in [1.54, 1.807) is 0 Å². The van der Waals surface area contributed by atoms with Gasteiger partial charge in [0.15, 0.2) is 15.5 Å². The number of carbonyl (C=O) groups is 2. The Kier molecular flexibility index (Phi) is 4.94. The Bertz CT molecular complexity index is 918. The van der Waals surface area contributed by atoms with Crippen molar-refractivity contribution in [3.05, 3.63) is 41.1 Å². The Balaban J connectivity index is 1.79. The molecule has 146 valence electrons. The van der Waals surface area contributed by atoms with E-state index in [0.29, 0.717) is 0 Å². The number of ether oxygens (including phenoxy) is 1. The molecule has 1 fully saturated rings. The van der Waals surface area contributed by atoms with Crippen LogP contribution >= 0.6 is 0 Å². The molecule has 0 radical (unpaired) electrons. The number of cyclic esters (lactones) is 1. The summed E-state index contributed by atoms with van der Waals surface area (Å²) in [5, 5.41) is 3.29. The quantitative estimate of drug-likeness (QED) is 0.832. The number of amides is 2. The van der Waals surface area contributed by atoms with Crippen molar-refractivity contribution in [3.63, 3.8) is 0 Å². The number of nitrogens with zero attached hydrogens (tertiary/aromatic N) is 1. The van der Waals surface area contributed by atoms with Gasteiger partial charge >= 0.3 is 6.09 Å². The lowest BCUT2D eigenvalue weighted by Gasteiger charge is -2.26. The standard InChI is InChI=1S/C17H18F2N2O5S/c1-11(22)20-9-13-10-21(16(23)26-13)12-2-3-14(15(18)8-12)17(19)4-6-27(24,25)7-5-17/h2-4,6,8,13H,5,7,9-10H2,1H3,(H,20,22)/t13-,17?/m0/s1. The number of sulfone groups is 1. The first-order valence-electron chi connectivity index (χ1n) is 8.23. The summed E-state index contributed by atoms with van der Waals surface area (Å²) in [6.45, 7) is 1.57. The highest BCUT2D eigenvalue weighted by Gasteiger charge is 2.38. The van der Waals surface area contributed by atoms with Gasteiger partial charge in [-0.2, -0.15) is 0 Å². The number of allylic oxidation sites excluding steroid dienone is 1. The lowest BCUT2D eigenvalue weighted by Crippen LogP contribution is -2.33. The van der Waals surface area contributed by atoms with Gasteiger partial charge in [0.2, 0.25) is 5.91 Å². The summed E-state index contributed by atoms with van der Waals surface area (Å²) in [5.41, 5.74) is -2.34. The van der Waals surface area contributed by atoms with Crippen molar-refractivity contribution in [2.75, 3.05) is 23.7 Å². The second-order valence-corrected chi connectivity index (χ2v) is 8.51. The molecule has 1 N–H and O–H groups in total. The molecule has 27 heavy (non-hydrogen) atoms. The van der Waals surface area contributed by atoms with Crippen LogP contribution in [-0.2, 0) is 25.0 Å². The second-order valence-electron chi connectivity index (χ2n) is 6.50. The van der Waals surface area contributed by atoms with E-state index in [4.69, 9.17) is 4.74 Å². The van der Waals surface area contributed by atoms with Crippen LogP contribution in [0.2, 0.25) is 0 Å². The fourth-order valence-corrected chi connectivity index (χ4v) is 4.12. The summed E-state index contributed by atoms with van der Waals surface area (Å²) in [6.07, 6.45) is -0.816. The molecule has 0 saturated carbocycles. The molecule has 10 heteroatoms. The van der Waals surface area contributed by atoms with E-state index in [9.17, 15) is 26.8 Å². The van der Waals surface area contributed by atoms with Crippen molar-refractivity contribution >= 4 is 27.5 Å². The average molecular weight is 400 g/mol. The zero-order chi connectivity index (χ0) is 19.8. The van der Waals surface area contributed by atoms with Crippen LogP contribution in [0.4, 0.5) is 19.3 Å². The van der Waals surface area contributed by atoms with E-state index >= 15 is 0 Å². The van der Waals surface area contributed by atoms with Gasteiger partial charge in [-0.05, 0) is 18.2 Å². The van der Waals surface area contributed by atoms with E-state index in [-0.39, 0.29) is 36.7 Å². The van der Waals surface area contributed by atoms with Gasteiger partial charge in [-0.15, -0.1) is 0 Å². The molecule has 0 aromatic heterocycles. The molecule has 3 rings (SSSR count). The first kappa shape index (κ1) is 19.3. The molecule has 0 aliphatic carbocycles. The monoisotopic (exact) mass is 400 g/mol. The predicted octanol–water partition coefficient (Wildman–Crippen LogP) is 1.78. The van der Waals surface area contributed by atoms with Crippen molar-refractivity contribution in [2.45, 2.75) is 25.1 Å². The van der Waals surface area contributed by atoms with E-state index in [2.05, 4.69) is 5.32 Å². The average Bonchev–Trinajstić information content (AvgIpc) is 2.97. The third-order valence-corrected chi connectivity index (χ3v) is 5.78. The highest BCUT2D eigenvalue weighted by Crippen LogP contribution is 2.38. The van der Waals surface area contributed by atoms with Crippen molar-refractivity contribution in [1.82, 2.24) is 5.32 Å². The Labute approximate surface area is 154 Å². The van der Waals surface area contributed by atoms with Crippen LogP contribution in [0, 0.1) is 5.82 Å². The van der Waals surface area contributed by atoms with Crippen molar-refractivity contribution in [2.24, 2.45) is 0 Å². The Hall–Kier alpha value is -2.49. The summed E-state index contributed by atoms with van der Waals surface area (Å²) in [7, 11) is -3.46. The molecule has 0 spiro atoms. The van der Waals surface area contributed by atoms with E-state index in [1.807, 2.05) is 0 Å². The largest absolute Gasteiger partial charge is 0.442 e. The highest BCUT2D eigenvalue weighted by atomic mass is 32.2. The van der Waals surface area contributed by atoms with Crippen LogP contribution < -0.4 is 10.2 Å². The number of halogens is 2. The van der Waals surface area contributed by atoms with Crippen LogP contribution in [0.25, 0.3) is 0 Å². The first-order valence-corrected chi connectivity index (χ1v) is 9.95. The number of anilines is 1. The van der Waals surface area contributed by atoms with Crippen LogP contribution in [0.3, 0.4) is 0 Å². The number of rotatable bonds is 4.